The Kier molecular flexibility index (Phi) is 6.05. The Morgan fingerprint density at radius 3 is 1.32 bits per heavy atom. The fourth-order valence-electron chi connectivity index (χ4n) is 3.46. The molecular weight excluding hydrogens is 360 g/mol. The normalized spacial score (nSPS) is 12.5. The lowest BCUT2D eigenvalue weighted by molar-refractivity contribution is 0.144. The molecule has 144 valence electrons. The average molecular weight is 389 g/mol. The first-order valence-electron chi connectivity index (χ1n) is 9.58. The second-order valence-electron chi connectivity index (χ2n) is 7.79. The standard InChI is InChI=1S/C25H28O2Si/c1-26-24(27-28(2,3)4)20-25(21-14-8-5-9-15-21,22-16-10-6-11-17-22)23-18-12-7-13-19-23/h5-20H,1-4H3/b24-20+. The molecule has 0 aliphatic rings. The van der Waals surface area contributed by atoms with Crippen molar-refractivity contribution in [3.63, 3.8) is 0 Å². The van der Waals surface area contributed by atoms with Gasteiger partial charge in [0.15, 0.2) is 0 Å². The molecule has 0 spiro atoms. The van der Waals surface area contributed by atoms with Gasteiger partial charge in [-0.2, -0.15) is 0 Å². The van der Waals surface area contributed by atoms with Crippen molar-refractivity contribution >= 4 is 8.32 Å². The smallest absolute Gasteiger partial charge is 0.262 e. The lowest BCUT2D eigenvalue weighted by atomic mass is 9.69. The average Bonchev–Trinajstić information content (AvgIpc) is 2.72. The molecule has 0 amide bonds. The van der Waals surface area contributed by atoms with E-state index in [1.807, 2.05) is 18.2 Å². The van der Waals surface area contributed by atoms with Crippen LogP contribution >= 0.6 is 0 Å². The molecule has 3 heteroatoms. The van der Waals surface area contributed by atoms with Crippen LogP contribution in [0.5, 0.6) is 0 Å². The first-order valence-corrected chi connectivity index (χ1v) is 13.0. The summed E-state index contributed by atoms with van der Waals surface area (Å²) in [5, 5.41) is 0. The molecule has 0 bridgehead atoms. The summed E-state index contributed by atoms with van der Waals surface area (Å²) in [6.45, 7) is 6.49. The lowest BCUT2D eigenvalue weighted by Gasteiger charge is -2.34. The maximum Gasteiger partial charge on any atom is 0.262 e. The van der Waals surface area contributed by atoms with Gasteiger partial charge in [-0.25, -0.2) is 0 Å². The third kappa shape index (κ3) is 4.37. The fourth-order valence-corrected chi connectivity index (χ4v) is 4.21. The van der Waals surface area contributed by atoms with Crippen LogP contribution in [0.4, 0.5) is 0 Å². The second-order valence-corrected chi connectivity index (χ2v) is 12.2. The number of hydrogen-bond acceptors (Lipinski definition) is 2. The van der Waals surface area contributed by atoms with E-state index in [0.29, 0.717) is 5.95 Å². The molecule has 0 aliphatic carbocycles. The van der Waals surface area contributed by atoms with E-state index in [0.717, 1.165) is 0 Å². The third-order valence-corrected chi connectivity index (χ3v) is 5.44. The van der Waals surface area contributed by atoms with E-state index in [1.165, 1.54) is 16.7 Å². The van der Waals surface area contributed by atoms with Crippen LogP contribution in [0.1, 0.15) is 16.7 Å². The zero-order valence-electron chi connectivity index (χ0n) is 17.1. The molecule has 3 aromatic rings. The zero-order valence-corrected chi connectivity index (χ0v) is 18.1. The van der Waals surface area contributed by atoms with Crippen LogP contribution in [0.15, 0.2) is 103 Å². The van der Waals surface area contributed by atoms with Crippen molar-refractivity contribution in [3.05, 3.63) is 120 Å². The number of methoxy groups -OCH3 is 1. The Balaban J connectivity index is 2.34. The van der Waals surface area contributed by atoms with Crippen LogP contribution in [0.2, 0.25) is 19.6 Å². The van der Waals surface area contributed by atoms with E-state index in [9.17, 15) is 0 Å². The highest BCUT2D eigenvalue weighted by Gasteiger charge is 2.36. The minimum absolute atomic E-state index is 0.519. The van der Waals surface area contributed by atoms with Gasteiger partial charge in [0.1, 0.15) is 0 Å². The van der Waals surface area contributed by atoms with E-state index in [-0.39, 0.29) is 0 Å². The highest BCUT2D eigenvalue weighted by Crippen LogP contribution is 2.41. The molecule has 0 saturated heterocycles. The molecule has 2 nitrogen and oxygen atoms in total. The summed E-state index contributed by atoms with van der Waals surface area (Å²) in [4.78, 5) is 0. The van der Waals surface area contributed by atoms with Gasteiger partial charge in [0, 0.05) is 6.08 Å². The summed E-state index contributed by atoms with van der Waals surface area (Å²) in [7, 11) is -0.159. The van der Waals surface area contributed by atoms with Crippen LogP contribution in [-0.4, -0.2) is 15.4 Å². The first-order chi connectivity index (χ1) is 13.5. The van der Waals surface area contributed by atoms with Crippen LogP contribution in [0, 0.1) is 0 Å². The molecule has 0 saturated carbocycles. The number of allylic oxidation sites excluding steroid dienone is 1. The summed E-state index contributed by atoms with van der Waals surface area (Å²) in [5.74, 6) is 0.565. The minimum Gasteiger partial charge on any atom is -0.520 e. The van der Waals surface area contributed by atoms with Crippen LogP contribution < -0.4 is 0 Å². The largest absolute Gasteiger partial charge is 0.520 e. The van der Waals surface area contributed by atoms with Gasteiger partial charge < -0.3 is 9.16 Å². The Morgan fingerprint density at radius 2 is 1.04 bits per heavy atom. The molecule has 0 radical (unpaired) electrons. The highest BCUT2D eigenvalue weighted by atomic mass is 28.4. The number of ether oxygens (including phenoxy) is 1. The molecule has 0 heterocycles. The molecule has 28 heavy (non-hydrogen) atoms. The molecule has 3 aromatic carbocycles. The van der Waals surface area contributed by atoms with Gasteiger partial charge in [-0.05, 0) is 36.3 Å². The third-order valence-electron chi connectivity index (χ3n) is 4.63. The van der Waals surface area contributed by atoms with E-state index in [2.05, 4.69) is 98.5 Å². The Hall–Kier alpha value is -2.78. The van der Waals surface area contributed by atoms with Gasteiger partial charge in [0.25, 0.3) is 5.95 Å². The van der Waals surface area contributed by atoms with Gasteiger partial charge in [-0.3, -0.25) is 0 Å². The molecular formula is C25H28O2Si. The van der Waals surface area contributed by atoms with Crippen molar-refractivity contribution < 1.29 is 9.16 Å². The van der Waals surface area contributed by atoms with Crippen LogP contribution in [0.3, 0.4) is 0 Å². The van der Waals surface area contributed by atoms with Gasteiger partial charge in [0.2, 0.25) is 8.32 Å². The number of hydrogen-bond donors (Lipinski definition) is 0. The Bertz CT molecular complexity index is 801. The van der Waals surface area contributed by atoms with Gasteiger partial charge in [-0.15, -0.1) is 0 Å². The molecule has 0 aromatic heterocycles. The van der Waals surface area contributed by atoms with Crippen molar-refractivity contribution in [3.8, 4) is 0 Å². The minimum atomic E-state index is -1.84. The molecule has 0 unspecified atom stereocenters. The van der Waals surface area contributed by atoms with Crippen molar-refractivity contribution in [2.75, 3.05) is 7.11 Å². The quantitative estimate of drug-likeness (QED) is 0.266. The fraction of sp³-hybridized carbons (Fsp3) is 0.200. The van der Waals surface area contributed by atoms with E-state index in [1.54, 1.807) is 7.11 Å². The lowest BCUT2D eigenvalue weighted by Crippen LogP contribution is -2.31. The summed E-state index contributed by atoms with van der Waals surface area (Å²) in [6.07, 6.45) is 2.13. The molecule has 0 N–H and O–H groups in total. The second kappa shape index (κ2) is 8.49. The maximum atomic E-state index is 6.28. The first kappa shape index (κ1) is 20.0. The predicted molar refractivity (Wildman–Crippen MR) is 119 cm³/mol. The summed E-state index contributed by atoms with van der Waals surface area (Å²) < 4.78 is 12.0. The van der Waals surface area contributed by atoms with Crippen LogP contribution in [-0.2, 0) is 14.6 Å². The number of rotatable bonds is 7. The Morgan fingerprint density at radius 1 is 0.679 bits per heavy atom. The van der Waals surface area contributed by atoms with Crippen molar-refractivity contribution in [2.45, 2.75) is 25.1 Å². The van der Waals surface area contributed by atoms with Crippen molar-refractivity contribution in [1.29, 1.82) is 0 Å². The van der Waals surface area contributed by atoms with E-state index in [4.69, 9.17) is 9.16 Å². The zero-order chi connectivity index (χ0) is 20.0. The van der Waals surface area contributed by atoms with Crippen LogP contribution in [0.25, 0.3) is 0 Å². The monoisotopic (exact) mass is 388 g/mol. The Labute approximate surface area is 169 Å². The maximum absolute atomic E-state index is 6.28. The molecule has 3 rings (SSSR count). The summed E-state index contributed by atoms with van der Waals surface area (Å²) in [6, 6.07) is 31.6. The van der Waals surface area contributed by atoms with Gasteiger partial charge >= 0.3 is 0 Å². The van der Waals surface area contributed by atoms with E-state index < -0.39 is 13.7 Å². The molecule has 0 atom stereocenters. The molecule has 0 fully saturated rings. The van der Waals surface area contributed by atoms with Gasteiger partial charge in [0.05, 0.1) is 12.5 Å². The summed E-state index contributed by atoms with van der Waals surface area (Å²) >= 11 is 0. The SMILES string of the molecule is CO/C(=C\C(c1ccccc1)(c1ccccc1)c1ccccc1)O[Si](C)(C)C. The molecule has 0 aliphatic heterocycles. The van der Waals surface area contributed by atoms with Gasteiger partial charge in [-0.1, -0.05) is 91.0 Å². The van der Waals surface area contributed by atoms with Crippen molar-refractivity contribution in [1.82, 2.24) is 0 Å². The van der Waals surface area contributed by atoms with Crippen molar-refractivity contribution in [2.24, 2.45) is 0 Å². The number of benzene rings is 3. The highest BCUT2D eigenvalue weighted by molar-refractivity contribution is 6.70. The topological polar surface area (TPSA) is 18.5 Å². The predicted octanol–water partition coefficient (Wildman–Crippen LogP) is 6.36. The van der Waals surface area contributed by atoms with E-state index >= 15 is 0 Å². The summed E-state index contributed by atoms with van der Waals surface area (Å²) in [5.41, 5.74) is 2.98.